The van der Waals surface area contributed by atoms with Crippen LogP contribution in [0.2, 0.25) is 0 Å². The molecule has 2 aromatic rings. The molecule has 1 saturated heterocycles. The van der Waals surface area contributed by atoms with Gasteiger partial charge in [-0.1, -0.05) is 38.8 Å². The fourth-order valence-electron chi connectivity index (χ4n) is 4.70. The van der Waals surface area contributed by atoms with Crippen molar-refractivity contribution in [3.8, 4) is 0 Å². The number of nitrogens with zero attached hydrogens (tertiary/aromatic N) is 3. The maximum absolute atomic E-state index is 12.2. The van der Waals surface area contributed by atoms with E-state index in [1.165, 1.54) is 12.8 Å². The second-order valence-electron chi connectivity index (χ2n) is 9.97. The summed E-state index contributed by atoms with van der Waals surface area (Å²) in [7, 11) is 0. The third-order valence-electron chi connectivity index (χ3n) is 7.11. The number of amides is 2. The van der Waals surface area contributed by atoms with Crippen LogP contribution < -0.4 is 16.0 Å². The van der Waals surface area contributed by atoms with Crippen molar-refractivity contribution in [3.63, 3.8) is 0 Å². The number of carboxylic acids is 1. The topological polar surface area (TPSA) is 148 Å². The van der Waals surface area contributed by atoms with Crippen LogP contribution in [0.5, 0.6) is 0 Å². The Bertz CT molecular complexity index is 1110. The Labute approximate surface area is 210 Å². The summed E-state index contributed by atoms with van der Waals surface area (Å²) in [6.45, 7) is 4.43. The number of aromatic carboxylic acids is 1. The molecule has 192 valence electrons. The van der Waals surface area contributed by atoms with Crippen molar-refractivity contribution in [2.24, 2.45) is 17.6 Å². The summed E-state index contributed by atoms with van der Waals surface area (Å²) in [5.41, 5.74) is 6.00. The summed E-state index contributed by atoms with van der Waals surface area (Å²) in [5.74, 6) is 0.325. The maximum Gasteiger partial charge on any atom is 0.415 e. The van der Waals surface area contributed by atoms with Gasteiger partial charge in [-0.15, -0.1) is 0 Å². The van der Waals surface area contributed by atoms with Crippen molar-refractivity contribution in [3.05, 3.63) is 47.7 Å². The van der Waals surface area contributed by atoms with Gasteiger partial charge in [-0.25, -0.2) is 14.6 Å². The number of cyclic esters (lactones) is 1. The Kier molecular flexibility index (Phi) is 7.42. The zero-order valence-electron chi connectivity index (χ0n) is 20.6. The first-order valence-corrected chi connectivity index (χ1v) is 12.4. The van der Waals surface area contributed by atoms with Crippen molar-refractivity contribution >= 4 is 29.7 Å². The number of carbonyl (C=O) groups excluding carboxylic acids is 2. The highest BCUT2D eigenvalue weighted by molar-refractivity contribution is 5.89. The molecule has 4 N–H and O–H groups in total. The third kappa shape index (κ3) is 5.58. The number of carboxylic acid groups (broad SMARTS) is 1. The first-order chi connectivity index (χ1) is 17.2. The van der Waals surface area contributed by atoms with Crippen LogP contribution in [0.15, 0.2) is 36.5 Å². The zero-order valence-corrected chi connectivity index (χ0v) is 20.6. The van der Waals surface area contributed by atoms with Crippen LogP contribution in [-0.4, -0.2) is 45.7 Å². The highest BCUT2D eigenvalue weighted by Crippen LogP contribution is 2.48. The highest BCUT2D eigenvalue weighted by Gasteiger charge is 2.45. The van der Waals surface area contributed by atoms with Crippen LogP contribution in [0.3, 0.4) is 0 Å². The molecule has 1 aliphatic heterocycles. The standard InChI is InChI=1S/C20H22N4O4.C6H11NO/c1-12(2)15-11-28-19(27)24(15)16-7-10-21-18(22-16)23-20(8-9-20)14-5-3-13(4-6-14)17(25)26;7-6(8)5-3-1-2-4-5/h3-7,10,12,15H,8-9,11H2,1-2H3,(H,25,26)(H,21,22,23);5H,1-4H2,(H2,7,8)/t15-;/m1./s1. The Balaban J connectivity index is 0.000000325. The molecule has 3 fully saturated rings. The Morgan fingerprint density at radius 2 is 1.83 bits per heavy atom. The first-order valence-electron chi connectivity index (χ1n) is 12.4. The minimum absolute atomic E-state index is 0.0614. The van der Waals surface area contributed by atoms with E-state index in [1.807, 2.05) is 26.0 Å². The molecule has 1 atom stereocenters. The van der Waals surface area contributed by atoms with Gasteiger partial charge in [0.25, 0.3) is 0 Å². The number of benzene rings is 1. The molecule has 2 amide bonds. The number of nitrogens with two attached hydrogens (primary N) is 1. The molecule has 0 spiro atoms. The summed E-state index contributed by atoms with van der Waals surface area (Å²) in [6.07, 6.45) is 7.44. The number of anilines is 2. The van der Waals surface area contributed by atoms with Gasteiger partial charge in [0.15, 0.2) is 0 Å². The van der Waals surface area contributed by atoms with Gasteiger partial charge in [0.1, 0.15) is 12.4 Å². The summed E-state index contributed by atoms with van der Waals surface area (Å²) in [6, 6.07) is 8.48. The summed E-state index contributed by atoms with van der Waals surface area (Å²) < 4.78 is 5.20. The summed E-state index contributed by atoms with van der Waals surface area (Å²) >= 11 is 0. The first kappa shape index (κ1) is 25.4. The van der Waals surface area contributed by atoms with E-state index >= 15 is 0 Å². The molecule has 0 radical (unpaired) electrons. The Morgan fingerprint density at radius 3 is 2.36 bits per heavy atom. The van der Waals surface area contributed by atoms with Crippen LogP contribution in [0.25, 0.3) is 0 Å². The fourth-order valence-corrected chi connectivity index (χ4v) is 4.70. The van der Waals surface area contributed by atoms with Crippen LogP contribution >= 0.6 is 0 Å². The third-order valence-corrected chi connectivity index (χ3v) is 7.11. The number of ether oxygens (including phenoxy) is 1. The van der Waals surface area contributed by atoms with Crippen molar-refractivity contribution in [1.82, 2.24) is 9.97 Å². The number of aromatic nitrogens is 2. The van der Waals surface area contributed by atoms with Crippen LogP contribution in [0, 0.1) is 11.8 Å². The smallest absolute Gasteiger partial charge is 0.415 e. The molecule has 3 aliphatic rings. The van der Waals surface area contributed by atoms with Crippen molar-refractivity contribution in [2.75, 3.05) is 16.8 Å². The predicted molar refractivity (Wildman–Crippen MR) is 134 cm³/mol. The molecular weight excluding hydrogens is 462 g/mol. The molecule has 1 aromatic heterocycles. The van der Waals surface area contributed by atoms with E-state index in [2.05, 4.69) is 15.3 Å². The molecule has 0 bridgehead atoms. The van der Waals surface area contributed by atoms with E-state index < -0.39 is 12.1 Å². The minimum Gasteiger partial charge on any atom is -0.478 e. The van der Waals surface area contributed by atoms with Crippen LogP contribution in [-0.2, 0) is 15.1 Å². The van der Waals surface area contributed by atoms with E-state index in [-0.39, 0.29) is 34.9 Å². The van der Waals surface area contributed by atoms with Gasteiger partial charge in [0.2, 0.25) is 11.9 Å². The van der Waals surface area contributed by atoms with E-state index in [9.17, 15) is 14.4 Å². The highest BCUT2D eigenvalue weighted by atomic mass is 16.6. The van der Waals surface area contributed by atoms with E-state index in [0.717, 1.165) is 31.2 Å². The predicted octanol–water partition coefficient (Wildman–Crippen LogP) is 3.92. The van der Waals surface area contributed by atoms with E-state index in [1.54, 1.807) is 29.3 Å². The number of rotatable bonds is 7. The van der Waals surface area contributed by atoms with Crippen molar-refractivity contribution in [2.45, 2.75) is 64.0 Å². The normalized spacial score (nSPS) is 20.5. The molecule has 10 heteroatoms. The summed E-state index contributed by atoms with van der Waals surface area (Å²) in [4.78, 5) is 44.1. The molecule has 0 unspecified atom stereocenters. The zero-order chi connectivity index (χ0) is 25.9. The Hall–Kier alpha value is -3.69. The Morgan fingerprint density at radius 1 is 1.17 bits per heavy atom. The van der Waals surface area contributed by atoms with Gasteiger partial charge in [-0.2, -0.15) is 4.98 Å². The lowest BCUT2D eigenvalue weighted by Crippen LogP contribution is -2.38. The lowest BCUT2D eigenvalue weighted by atomic mass is 10.0. The number of primary amides is 1. The fraction of sp³-hybridized carbons (Fsp3) is 0.500. The number of carbonyl (C=O) groups is 3. The van der Waals surface area contributed by atoms with Gasteiger partial charge in [-0.05, 0) is 55.4 Å². The number of hydrogen-bond donors (Lipinski definition) is 3. The molecule has 36 heavy (non-hydrogen) atoms. The quantitative estimate of drug-likeness (QED) is 0.523. The number of nitrogens with one attached hydrogen (secondary N) is 1. The van der Waals surface area contributed by atoms with Gasteiger partial charge in [0, 0.05) is 12.1 Å². The van der Waals surface area contributed by atoms with Gasteiger partial charge >= 0.3 is 12.1 Å². The molecule has 2 saturated carbocycles. The summed E-state index contributed by atoms with van der Waals surface area (Å²) in [5, 5.41) is 12.4. The van der Waals surface area contributed by atoms with Crippen LogP contribution in [0.4, 0.5) is 16.6 Å². The van der Waals surface area contributed by atoms with Crippen molar-refractivity contribution < 1.29 is 24.2 Å². The van der Waals surface area contributed by atoms with Gasteiger partial charge in [0.05, 0.1) is 17.1 Å². The molecule has 2 heterocycles. The second kappa shape index (κ2) is 10.5. The average molecular weight is 496 g/mol. The molecule has 5 rings (SSSR count). The number of hydrogen-bond acceptors (Lipinski definition) is 7. The SMILES string of the molecule is CC(C)[C@H]1COC(=O)N1c1ccnc(NC2(c3ccc(C(=O)O)cc3)CC2)n1.NC(=O)C1CCCC1. The lowest BCUT2D eigenvalue weighted by Gasteiger charge is -2.24. The maximum atomic E-state index is 12.2. The average Bonchev–Trinajstić information content (AvgIpc) is 3.24. The largest absolute Gasteiger partial charge is 0.478 e. The van der Waals surface area contributed by atoms with Gasteiger partial charge in [-0.3, -0.25) is 9.69 Å². The monoisotopic (exact) mass is 495 g/mol. The lowest BCUT2D eigenvalue weighted by molar-refractivity contribution is -0.121. The van der Waals surface area contributed by atoms with Gasteiger partial charge < -0.3 is 20.9 Å². The molecule has 10 nitrogen and oxygen atoms in total. The van der Waals surface area contributed by atoms with Crippen molar-refractivity contribution in [1.29, 1.82) is 0 Å². The van der Waals surface area contributed by atoms with Crippen LogP contribution in [0.1, 0.15) is 68.3 Å². The van der Waals surface area contributed by atoms with E-state index in [0.29, 0.717) is 18.4 Å². The molecule has 1 aromatic carbocycles. The minimum atomic E-state index is -0.947. The second-order valence-corrected chi connectivity index (χ2v) is 9.97. The molecule has 2 aliphatic carbocycles. The molecular formula is C26H33N5O5. The van der Waals surface area contributed by atoms with E-state index in [4.69, 9.17) is 15.6 Å².